The van der Waals surface area contributed by atoms with Crippen molar-refractivity contribution in [3.63, 3.8) is 0 Å². The summed E-state index contributed by atoms with van der Waals surface area (Å²) in [4.78, 5) is 34.2. The number of hydrogen-bond acceptors (Lipinski definition) is 4. The molecule has 0 radical (unpaired) electrons. The lowest BCUT2D eigenvalue weighted by atomic mass is 10.2. The molecule has 3 N–H and O–H groups in total. The van der Waals surface area contributed by atoms with Crippen LogP contribution in [0.5, 0.6) is 0 Å². The van der Waals surface area contributed by atoms with Crippen LogP contribution in [0.15, 0.2) is 24.3 Å². The van der Waals surface area contributed by atoms with Crippen LogP contribution in [0.25, 0.3) is 0 Å². The number of ether oxygens (including phenoxy) is 1. The maximum absolute atomic E-state index is 11.8. The third-order valence-corrected chi connectivity index (χ3v) is 2.75. The van der Waals surface area contributed by atoms with Crippen molar-refractivity contribution in [3.05, 3.63) is 34.9 Å². The lowest BCUT2D eigenvalue weighted by molar-refractivity contribution is -0.155. The molecule has 0 saturated carbocycles. The van der Waals surface area contributed by atoms with Gasteiger partial charge in [-0.05, 0) is 38.1 Å². The van der Waals surface area contributed by atoms with Gasteiger partial charge in [-0.2, -0.15) is 0 Å². The number of primary amides is 1. The first kappa shape index (κ1) is 16.0. The van der Waals surface area contributed by atoms with Crippen molar-refractivity contribution in [1.29, 1.82) is 0 Å². The van der Waals surface area contributed by atoms with Crippen LogP contribution >= 0.6 is 11.6 Å². The monoisotopic (exact) mass is 298 g/mol. The first-order chi connectivity index (χ1) is 9.31. The maximum Gasteiger partial charge on any atom is 0.329 e. The molecule has 0 aliphatic heterocycles. The molecule has 2 amide bonds. The van der Waals surface area contributed by atoms with E-state index < -0.39 is 29.9 Å². The van der Waals surface area contributed by atoms with E-state index in [0.29, 0.717) is 10.6 Å². The van der Waals surface area contributed by atoms with E-state index in [2.05, 4.69) is 5.32 Å². The van der Waals surface area contributed by atoms with Gasteiger partial charge in [0.25, 0.3) is 11.8 Å². The number of carbonyl (C=O) groups is 3. The second-order valence-corrected chi connectivity index (χ2v) is 4.62. The highest BCUT2D eigenvalue weighted by molar-refractivity contribution is 6.30. The fourth-order valence-electron chi connectivity index (χ4n) is 1.27. The Kier molecular flexibility index (Phi) is 5.52. The standard InChI is InChI=1S/C13H15ClN2O4/c1-7(13(19)20-8(2)11(15)17)16-12(18)9-3-5-10(14)6-4-9/h3-8H,1-2H3,(H2,15,17)(H,16,18)/t7-,8-/m0/s1. The van der Waals surface area contributed by atoms with Crippen LogP contribution in [0.3, 0.4) is 0 Å². The average Bonchev–Trinajstić information content (AvgIpc) is 2.38. The molecular formula is C13H15ClN2O4. The minimum atomic E-state index is -1.04. The summed E-state index contributed by atoms with van der Waals surface area (Å²) >= 11 is 5.71. The molecule has 0 spiro atoms. The second-order valence-electron chi connectivity index (χ2n) is 4.18. The van der Waals surface area contributed by atoms with Gasteiger partial charge in [-0.15, -0.1) is 0 Å². The Morgan fingerprint density at radius 3 is 2.25 bits per heavy atom. The summed E-state index contributed by atoms with van der Waals surface area (Å²) in [5, 5.41) is 2.95. The van der Waals surface area contributed by atoms with Gasteiger partial charge in [0.2, 0.25) is 0 Å². The summed E-state index contributed by atoms with van der Waals surface area (Å²) < 4.78 is 4.78. The molecule has 0 aliphatic carbocycles. The topological polar surface area (TPSA) is 98.5 Å². The number of halogens is 1. The number of nitrogens with two attached hydrogens (primary N) is 1. The molecule has 20 heavy (non-hydrogen) atoms. The third kappa shape index (κ3) is 4.55. The van der Waals surface area contributed by atoms with E-state index in [-0.39, 0.29) is 0 Å². The van der Waals surface area contributed by atoms with Crippen molar-refractivity contribution in [3.8, 4) is 0 Å². The van der Waals surface area contributed by atoms with Crippen molar-refractivity contribution in [1.82, 2.24) is 5.32 Å². The lowest BCUT2D eigenvalue weighted by Gasteiger charge is -2.15. The molecule has 1 rings (SSSR count). The van der Waals surface area contributed by atoms with Crippen LogP contribution in [-0.2, 0) is 14.3 Å². The second kappa shape index (κ2) is 6.91. The van der Waals surface area contributed by atoms with Gasteiger partial charge in [0.05, 0.1) is 0 Å². The van der Waals surface area contributed by atoms with Crippen molar-refractivity contribution in [2.45, 2.75) is 26.0 Å². The molecule has 0 aliphatic rings. The molecule has 108 valence electrons. The summed E-state index contributed by atoms with van der Waals surface area (Å²) in [7, 11) is 0. The molecule has 0 heterocycles. The Balaban J connectivity index is 2.59. The van der Waals surface area contributed by atoms with Gasteiger partial charge in [-0.1, -0.05) is 11.6 Å². The van der Waals surface area contributed by atoms with E-state index in [4.69, 9.17) is 22.1 Å². The van der Waals surface area contributed by atoms with Gasteiger partial charge in [-0.3, -0.25) is 9.59 Å². The number of hydrogen-bond donors (Lipinski definition) is 2. The summed E-state index contributed by atoms with van der Waals surface area (Å²) in [6.07, 6.45) is -1.04. The largest absolute Gasteiger partial charge is 0.451 e. The van der Waals surface area contributed by atoms with Gasteiger partial charge >= 0.3 is 5.97 Å². The molecule has 1 aromatic rings. The lowest BCUT2D eigenvalue weighted by Crippen LogP contribution is -2.42. The number of rotatable bonds is 5. The van der Waals surface area contributed by atoms with Gasteiger partial charge in [0, 0.05) is 10.6 Å². The van der Waals surface area contributed by atoms with Gasteiger partial charge in [-0.25, -0.2) is 4.79 Å². The van der Waals surface area contributed by atoms with Gasteiger partial charge in [0.1, 0.15) is 6.04 Å². The molecule has 1 aromatic carbocycles. The predicted octanol–water partition coefficient (Wildman–Crippen LogP) is 0.875. The number of nitrogens with one attached hydrogen (secondary N) is 1. The van der Waals surface area contributed by atoms with E-state index in [9.17, 15) is 14.4 Å². The molecule has 7 heteroatoms. The molecule has 0 bridgehead atoms. The number of benzene rings is 1. The fraction of sp³-hybridized carbons (Fsp3) is 0.308. The van der Waals surface area contributed by atoms with Gasteiger partial charge < -0.3 is 15.8 Å². The highest BCUT2D eigenvalue weighted by atomic mass is 35.5. The normalized spacial score (nSPS) is 13.2. The van der Waals surface area contributed by atoms with Crippen molar-refractivity contribution in [2.24, 2.45) is 5.73 Å². The van der Waals surface area contributed by atoms with Crippen LogP contribution in [0, 0.1) is 0 Å². The summed E-state index contributed by atoms with van der Waals surface area (Å²) in [5.41, 5.74) is 5.33. The predicted molar refractivity (Wildman–Crippen MR) is 73.1 cm³/mol. The highest BCUT2D eigenvalue weighted by Gasteiger charge is 2.22. The molecule has 0 unspecified atom stereocenters. The molecule has 6 nitrogen and oxygen atoms in total. The zero-order valence-electron chi connectivity index (χ0n) is 11.1. The Hall–Kier alpha value is -2.08. The minimum Gasteiger partial charge on any atom is -0.451 e. The van der Waals surface area contributed by atoms with E-state index in [0.717, 1.165) is 0 Å². The van der Waals surface area contributed by atoms with E-state index in [1.54, 1.807) is 12.1 Å². The van der Waals surface area contributed by atoms with Crippen LogP contribution in [0.1, 0.15) is 24.2 Å². The van der Waals surface area contributed by atoms with Crippen molar-refractivity contribution < 1.29 is 19.1 Å². The molecule has 2 atom stereocenters. The molecule has 0 fully saturated rings. The van der Waals surface area contributed by atoms with Crippen LogP contribution in [-0.4, -0.2) is 29.9 Å². The summed E-state index contributed by atoms with van der Waals surface area (Å²) in [5.74, 6) is -1.94. The van der Waals surface area contributed by atoms with E-state index in [1.807, 2.05) is 0 Å². The van der Waals surface area contributed by atoms with E-state index >= 15 is 0 Å². The number of amides is 2. The zero-order chi connectivity index (χ0) is 15.3. The first-order valence-electron chi connectivity index (χ1n) is 5.87. The average molecular weight is 299 g/mol. The Morgan fingerprint density at radius 1 is 1.20 bits per heavy atom. The molecule has 0 saturated heterocycles. The fourth-order valence-corrected chi connectivity index (χ4v) is 1.40. The van der Waals surface area contributed by atoms with Crippen LogP contribution in [0.4, 0.5) is 0 Å². The first-order valence-corrected chi connectivity index (χ1v) is 6.25. The van der Waals surface area contributed by atoms with Crippen molar-refractivity contribution in [2.75, 3.05) is 0 Å². The Bertz CT molecular complexity index is 516. The SMILES string of the molecule is C[C@H](NC(=O)c1ccc(Cl)cc1)C(=O)O[C@@H](C)C(N)=O. The van der Waals surface area contributed by atoms with Crippen molar-refractivity contribution >= 4 is 29.4 Å². The highest BCUT2D eigenvalue weighted by Crippen LogP contribution is 2.09. The Labute approximate surface area is 121 Å². The zero-order valence-corrected chi connectivity index (χ0v) is 11.8. The van der Waals surface area contributed by atoms with Crippen LogP contribution < -0.4 is 11.1 Å². The number of carbonyl (C=O) groups excluding carboxylic acids is 3. The van der Waals surface area contributed by atoms with E-state index in [1.165, 1.54) is 26.0 Å². The summed E-state index contributed by atoms with van der Waals surface area (Å²) in [6.45, 7) is 2.80. The number of esters is 1. The smallest absolute Gasteiger partial charge is 0.329 e. The van der Waals surface area contributed by atoms with Crippen LogP contribution in [0.2, 0.25) is 5.02 Å². The maximum atomic E-state index is 11.8. The Morgan fingerprint density at radius 2 is 1.75 bits per heavy atom. The third-order valence-electron chi connectivity index (χ3n) is 2.50. The quantitative estimate of drug-likeness (QED) is 0.788. The summed E-state index contributed by atoms with van der Waals surface area (Å²) in [6, 6.07) is 5.28. The molecular weight excluding hydrogens is 284 g/mol. The minimum absolute atomic E-state index is 0.358. The van der Waals surface area contributed by atoms with Gasteiger partial charge in [0.15, 0.2) is 6.10 Å². The molecule has 0 aromatic heterocycles.